The van der Waals surface area contributed by atoms with Gasteiger partial charge in [0.25, 0.3) is 0 Å². The molecular formula is C14H17N3O4. The lowest BCUT2D eigenvalue weighted by molar-refractivity contribution is 0.119. The van der Waals surface area contributed by atoms with Gasteiger partial charge in [-0.2, -0.15) is 4.98 Å². The van der Waals surface area contributed by atoms with Gasteiger partial charge in [0.15, 0.2) is 0 Å². The van der Waals surface area contributed by atoms with Crippen molar-refractivity contribution >= 4 is 6.01 Å². The number of anilines is 1. The quantitative estimate of drug-likeness (QED) is 0.847. The number of rotatable bonds is 4. The maximum atomic E-state index is 5.34. The molecule has 7 heteroatoms. The molecule has 0 bridgehead atoms. The number of aromatic nitrogens is 2. The lowest BCUT2D eigenvalue weighted by atomic mass is 10.2. The summed E-state index contributed by atoms with van der Waals surface area (Å²) in [7, 11) is 3.22. The third-order valence-corrected chi connectivity index (χ3v) is 3.34. The molecule has 112 valence electrons. The normalized spacial score (nSPS) is 15.0. The van der Waals surface area contributed by atoms with Crippen LogP contribution < -0.4 is 14.4 Å². The van der Waals surface area contributed by atoms with Crippen LogP contribution in [0.1, 0.15) is 0 Å². The molecule has 1 aromatic heterocycles. The van der Waals surface area contributed by atoms with Gasteiger partial charge in [-0.1, -0.05) is 5.16 Å². The number of hydrogen-bond acceptors (Lipinski definition) is 7. The van der Waals surface area contributed by atoms with Crippen molar-refractivity contribution in [3.05, 3.63) is 18.2 Å². The number of nitrogens with zero attached hydrogens (tertiary/aromatic N) is 3. The average molecular weight is 291 g/mol. The van der Waals surface area contributed by atoms with Crippen molar-refractivity contribution in [1.82, 2.24) is 10.1 Å². The van der Waals surface area contributed by atoms with E-state index < -0.39 is 0 Å². The van der Waals surface area contributed by atoms with Gasteiger partial charge in [-0.15, -0.1) is 0 Å². The highest BCUT2D eigenvalue weighted by atomic mass is 16.5. The monoisotopic (exact) mass is 291 g/mol. The zero-order valence-corrected chi connectivity index (χ0v) is 12.0. The molecule has 0 spiro atoms. The van der Waals surface area contributed by atoms with Crippen LogP contribution in [-0.2, 0) is 4.74 Å². The number of hydrogen-bond donors (Lipinski definition) is 0. The lowest BCUT2D eigenvalue weighted by Gasteiger charge is -2.24. The predicted octanol–water partition coefficient (Wildman–Crippen LogP) is 1.59. The van der Waals surface area contributed by atoms with Gasteiger partial charge in [0.1, 0.15) is 11.5 Å². The molecule has 0 amide bonds. The van der Waals surface area contributed by atoms with Crippen LogP contribution in [0.3, 0.4) is 0 Å². The second-order valence-electron chi connectivity index (χ2n) is 4.57. The Labute approximate surface area is 122 Å². The second-order valence-corrected chi connectivity index (χ2v) is 4.57. The summed E-state index contributed by atoms with van der Waals surface area (Å²) in [6.07, 6.45) is 0. The maximum Gasteiger partial charge on any atom is 0.324 e. The highest BCUT2D eigenvalue weighted by Gasteiger charge is 2.20. The summed E-state index contributed by atoms with van der Waals surface area (Å²) in [5.74, 6) is 1.86. The van der Waals surface area contributed by atoms with Crippen LogP contribution in [0.25, 0.3) is 11.4 Å². The topological polar surface area (TPSA) is 69.9 Å². The summed E-state index contributed by atoms with van der Waals surface area (Å²) in [5.41, 5.74) is 0.736. The maximum absolute atomic E-state index is 5.34. The van der Waals surface area contributed by atoms with E-state index in [9.17, 15) is 0 Å². The standard InChI is InChI=1S/C14H17N3O4/c1-18-10-3-4-12(19-2)11(9-10)13-15-14(21-16-13)17-5-7-20-8-6-17/h3-4,9H,5-8H2,1-2H3. The van der Waals surface area contributed by atoms with Gasteiger partial charge in [0.2, 0.25) is 5.82 Å². The summed E-state index contributed by atoms with van der Waals surface area (Å²) < 4.78 is 21.2. The molecule has 2 aromatic rings. The summed E-state index contributed by atoms with van der Waals surface area (Å²) in [4.78, 5) is 6.45. The largest absolute Gasteiger partial charge is 0.497 e. The van der Waals surface area contributed by atoms with E-state index in [0.717, 1.165) is 18.7 Å². The molecule has 0 atom stereocenters. The van der Waals surface area contributed by atoms with E-state index in [1.807, 2.05) is 23.1 Å². The molecule has 1 aliphatic rings. The Kier molecular flexibility index (Phi) is 3.92. The second kappa shape index (κ2) is 6.01. The number of morpholine rings is 1. The summed E-state index contributed by atoms with van der Waals surface area (Å²) in [6, 6.07) is 5.97. The fourth-order valence-electron chi connectivity index (χ4n) is 2.20. The third kappa shape index (κ3) is 2.78. The van der Waals surface area contributed by atoms with Gasteiger partial charge < -0.3 is 23.6 Å². The van der Waals surface area contributed by atoms with Crippen LogP contribution in [0.2, 0.25) is 0 Å². The molecular weight excluding hydrogens is 274 g/mol. The van der Waals surface area contributed by atoms with Crippen molar-refractivity contribution in [2.45, 2.75) is 0 Å². The van der Waals surface area contributed by atoms with Crippen molar-refractivity contribution in [3.8, 4) is 22.9 Å². The first kappa shape index (κ1) is 13.7. The molecule has 1 fully saturated rings. The van der Waals surface area contributed by atoms with Crippen LogP contribution >= 0.6 is 0 Å². The van der Waals surface area contributed by atoms with Crippen molar-refractivity contribution in [2.24, 2.45) is 0 Å². The minimum atomic E-state index is 0.479. The fraction of sp³-hybridized carbons (Fsp3) is 0.429. The highest BCUT2D eigenvalue weighted by molar-refractivity contribution is 5.66. The van der Waals surface area contributed by atoms with Gasteiger partial charge in [0, 0.05) is 13.1 Å². The van der Waals surface area contributed by atoms with Crippen LogP contribution in [0.15, 0.2) is 22.7 Å². The van der Waals surface area contributed by atoms with Crippen LogP contribution in [0.5, 0.6) is 11.5 Å². The predicted molar refractivity (Wildman–Crippen MR) is 75.9 cm³/mol. The van der Waals surface area contributed by atoms with Gasteiger partial charge in [-0.25, -0.2) is 0 Å². The first-order chi connectivity index (χ1) is 10.3. The molecule has 1 saturated heterocycles. The van der Waals surface area contributed by atoms with E-state index in [0.29, 0.717) is 36.6 Å². The van der Waals surface area contributed by atoms with Crippen molar-refractivity contribution in [3.63, 3.8) is 0 Å². The Hall–Kier alpha value is -2.28. The molecule has 0 aliphatic carbocycles. The zero-order valence-electron chi connectivity index (χ0n) is 12.0. The minimum Gasteiger partial charge on any atom is -0.497 e. The Morgan fingerprint density at radius 1 is 1.14 bits per heavy atom. The third-order valence-electron chi connectivity index (χ3n) is 3.34. The van der Waals surface area contributed by atoms with Crippen molar-refractivity contribution in [1.29, 1.82) is 0 Å². The number of benzene rings is 1. The Bertz CT molecular complexity index is 608. The van der Waals surface area contributed by atoms with Gasteiger partial charge in [0.05, 0.1) is 33.0 Å². The van der Waals surface area contributed by atoms with Gasteiger partial charge >= 0.3 is 6.01 Å². The first-order valence-electron chi connectivity index (χ1n) is 6.70. The Morgan fingerprint density at radius 3 is 2.67 bits per heavy atom. The summed E-state index contributed by atoms with van der Waals surface area (Å²) in [5, 5.41) is 4.04. The average Bonchev–Trinajstić information content (AvgIpc) is 3.05. The van der Waals surface area contributed by atoms with E-state index in [1.165, 1.54) is 0 Å². The zero-order chi connectivity index (χ0) is 14.7. The molecule has 0 radical (unpaired) electrons. The molecule has 0 saturated carbocycles. The molecule has 3 rings (SSSR count). The SMILES string of the molecule is COc1ccc(OC)c(-c2noc(N3CCOCC3)n2)c1. The van der Waals surface area contributed by atoms with E-state index in [2.05, 4.69) is 10.1 Å². The molecule has 2 heterocycles. The smallest absolute Gasteiger partial charge is 0.324 e. The number of methoxy groups -OCH3 is 2. The molecule has 1 aromatic carbocycles. The summed E-state index contributed by atoms with van der Waals surface area (Å²) in [6.45, 7) is 2.83. The van der Waals surface area contributed by atoms with Crippen LogP contribution in [0, 0.1) is 0 Å². The van der Waals surface area contributed by atoms with E-state index >= 15 is 0 Å². The minimum absolute atomic E-state index is 0.479. The van der Waals surface area contributed by atoms with E-state index in [4.69, 9.17) is 18.7 Å². The first-order valence-corrected chi connectivity index (χ1v) is 6.70. The molecule has 7 nitrogen and oxygen atoms in total. The van der Waals surface area contributed by atoms with Crippen LogP contribution in [-0.4, -0.2) is 50.7 Å². The molecule has 0 N–H and O–H groups in total. The highest BCUT2D eigenvalue weighted by Crippen LogP contribution is 2.32. The Morgan fingerprint density at radius 2 is 1.95 bits per heavy atom. The van der Waals surface area contributed by atoms with E-state index in [1.54, 1.807) is 14.2 Å². The summed E-state index contributed by atoms with van der Waals surface area (Å²) >= 11 is 0. The lowest BCUT2D eigenvalue weighted by Crippen LogP contribution is -2.36. The number of ether oxygens (including phenoxy) is 3. The fourth-order valence-corrected chi connectivity index (χ4v) is 2.20. The Balaban J connectivity index is 1.91. The van der Waals surface area contributed by atoms with Crippen LogP contribution in [0.4, 0.5) is 6.01 Å². The molecule has 0 unspecified atom stereocenters. The van der Waals surface area contributed by atoms with Gasteiger partial charge in [-0.3, -0.25) is 0 Å². The van der Waals surface area contributed by atoms with Gasteiger partial charge in [-0.05, 0) is 18.2 Å². The van der Waals surface area contributed by atoms with Crippen molar-refractivity contribution < 1.29 is 18.7 Å². The molecule has 1 aliphatic heterocycles. The van der Waals surface area contributed by atoms with Crippen molar-refractivity contribution in [2.75, 3.05) is 45.4 Å². The molecule has 21 heavy (non-hydrogen) atoms. The van der Waals surface area contributed by atoms with E-state index in [-0.39, 0.29) is 0 Å².